The van der Waals surface area contributed by atoms with Crippen molar-refractivity contribution in [3.05, 3.63) is 58.8 Å². The summed E-state index contributed by atoms with van der Waals surface area (Å²) in [4.78, 5) is 29.5. The molecule has 9 nitrogen and oxygen atoms in total. The van der Waals surface area contributed by atoms with E-state index in [2.05, 4.69) is 62.7 Å². The summed E-state index contributed by atoms with van der Waals surface area (Å²) in [5.74, 6) is 1.91. The van der Waals surface area contributed by atoms with Crippen LogP contribution in [0.25, 0.3) is 0 Å². The van der Waals surface area contributed by atoms with Gasteiger partial charge >= 0.3 is 0 Å². The number of nitriles is 1. The lowest BCUT2D eigenvalue weighted by Gasteiger charge is -2.27. The first-order valence-electron chi connectivity index (χ1n) is 11.4. The number of aromatic nitrogens is 3. The second-order valence-corrected chi connectivity index (χ2v) is 8.77. The number of nitrogens with zero attached hydrogens (tertiary/aromatic N) is 6. The molecule has 0 bridgehead atoms. The molecule has 0 spiro atoms. The van der Waals surface area contributed by atoms with Crippen LogP contribution in [0, 0.1) is 18.3 Å². The standard InChI is InChI=1S/C25H26N8O/c1-16-11-19(12-17-8-10-32(2)15-20(16)17)28-25-27-14-18(13-26)24(31-25)30-21-5-3-6-22(29-21)33-9-4-7-23(33)34/h3,5-6,11-12,14H,4,7-10,15H2,1-2H3,(H2,27,28,29,30,31). The Bertz CT molecular complexity index is 1300. The lowest BCUT2D eigenvalue weighted by atomic mass is 9.95. The van der Waals surface area contributed by atoms with Gasteiger partial charge in [0, 0.05) is 31.7 Å². The van der Waals surface area contributed by atoms with Gasteiger partial charge in [-0.3, -0.25) is 9.69 Å². The third-order valence-electron chi connectivity index (χ3n) is 6.25. The molecule has 0 unspecified atom stereocenters. The molecule has 1 amide bonds. The molecule has 5 rings (SSSR count). The average Bonchev–Trinajstić information content (AvgIpc) is 3.26. The van der Waals surface area contributed by atoms with E-state index in [4.69, 9.17) is 0 Å². The Kier molecular flexibility index (Phi) is 5.82. The number of fused-ring (bicyclic) bond motifs is 1. The summed E-state index contributed by atoms with van der Waals surface area (Å²) in [6.07, 6.45) is 3.87. The predicted octanol–water partition coefficient (Wildman–Crippen LogP) is 3.65. The maximum atomic E-state index is 12.1. The van der Waals surface area contributed by atoms with Gasteiger partial charge in [0.05, 0.1) is 6.20 Å². The van der Waals surface area contributed by atoms with E-state index in [-0.39, 0.29) is 5.91 Å². The Morgan fingerprint density at radius 2 is 2.00 bits per heavy atom. The lowest BCUT2D eigenvalue weighted by molar-refractivity contribution is -0.117. The van der Waals surface area contributed by atoms with Crippen molar-refractivity contribution >= 4 is 35.0 Å². The smallest absolute Gasteiger partial charge is 0.229 e. The number of rotatable bonds is 5. The van der Waals surface area contributed by atoms with Gasteiger partial charge in [-0.15, -0.1) is 0 Å². The van der Waals surface area contributed by atoms with E-state index in [0.29, 0.717) is 41.9 Å². The number of likely N-dealkylation sites (N-methyl/N-ethyl adjacent to an activating group) is 1. The predicted molar refractivity (Wildman–Crippen MR) is 130 cm³/mol. The Hall–Kier alpha value is -4.03. The highest BCUT2D eigenvalue weighted by atomic mass is 16.2. The normalized spacial score (nSPS) is 15.7. The third kappa shape index (κ3) is 4.40. The summed E-state index contributed by atoms with van der Waals surface area (Å²) in [6, 6.07) is 11.8. The number of aryl methyl sites for hydroxylation is 1. The SMILES string of the molecule is Cc1cc(Nc2ncc(C#N)c(Nc3cccc(N4CCCC4=O)n3)n2)cc2c1CN(C)CC2. The summed E-state index contributed by atoms with van der Waals surface area (Å²) in [5, 5.41) is 16.0. The van der Waals surface area contributed by atoms with E-state index in [1.54, 1.807) is 11.0 Å². The molecule has 34 heavy (non-hydrogen) atoms. The Labute approximate surface area is 198 Å². The number of carbonyl (C=O) groups excluding carboxylic acids is 1. The molecule has 1 saturated heterocycles. The van der Waals surface area contributed by atoms with Crippen molar-refractivity contribution in [2.24, 2.45) is 0 Å². The molecule has 3 aromatic rings. The van der Waals surface area contributed by atoms with E-state index in [0.717, 1.165) is 31.6 Å². The van der Waals surface area contributed by atoms with Crippen LogP contribution in [-0.4, -0.2) is 45.9 Å². The summed E-state index contributed by atoms with van der Waals surface area (Å²) in [5.41, 5.74) is 5.18. The van der Waals surface area contributed by atoms with Crippen LogP contribution in [0.5, 0.6) is 0 Å². The van der Waals surface area contributed by atoms with Gasteiger partial charge in [0.1, 0.15) is 23.3 Å². The third-order valence-corrected chi connectivity index (χ3v) is 6.25. The summed E-state index contributed by atoms with van der Waals surface area (Å²) < 4.78 is 0. The van der Waals surface area contributed by atoms with E-state index >= 15 is 0 Å². The van der Waals surface area contributed by atoms with Crippen LogP contribution in [-0.2, 0) is 17.8 Å². The van der Waals surface area contributed by atoms with Crippen LogP contribution in [0.2, 0.25) is 0 Å². The number of hydrogen-bond donors (Lipinski definition) is 2. The van der Waals surface area contributed by atoms with Gasteiger partial charge in [0.25, 0.3) is 0 Å². The number of benzene rings is 1. The number of hydrogen-bond acceptors (Lipinski definition) is 8. The summed E-state index contributed by atoms with van der Waals surface area (Å²) in [6.45, 7) is 4.78. The Morgan fingerprint density at radius 1 is 1.12 bits per heavy atom. The molecule has 0 aliphatic carbocycles. The molecule has 1 fully saturated rings. The highest BCUT2D eigenvalue weighted by molar-refractivity contribution is 5.94. The van der Waals surface area contributed by atoms with E-state index in [1.165, 1.54) is 22.9 Å². The Balaban J connectivity index is 1.39. The van der Waals surface area contributed by atoms with Crippen LogP contribution < -0.4 is 15.5 Å². The first-order valence-corrected chi connectivity index (χ1v) is 11.4. The minimum atomic E-state index is 0.0721. The first-order chi connectivity index (χ1) is 16.5. The monoisotopic (exact) mass is 454 g/mol. The topological polar surface area (TPSA) is 110 Å². The molecular formula is C25H26N8O. The molecule has 9 heteroatoms. The molecule has 172 valence electrons. The van der Waals surface area contributed by atoms with Gasteiger partial charge in [-0.05, 0) is 67.8 Å². The molecule has 0 saturated carbocycles. The van der Waals surface area contributed by atoms with Crippen molar-refractivity contribution in [1.82, 2.24) is 19.9 Å². The lowest BCUT2D eigenvalue weighted by Crippen LogP contribution is -2.27. The zero-order valence-corrected chi connectivity index (χ0v) is 19.3. The van der Waals surface area contributed by atoms with Crippen LogP contribution in [0.3, 0.4) is 0 Å². The van der Waals surface area contributed by atoms with Crippen LogP contribution in [0.15, 0.2) is 36.5 Å². The fraction of sp³-hybridized carbons (Fsp3) is 0.320. The summed E-state index contributed by atoms with van der Waals surface area (Å²) >= 11 is 0. The molecule has 0 atom stereocenters. The van der Waals surface area contributed by atoms with Gasteiger partial charge in [-0.1, -0.05) is 6.07 Å². The zero-order valence-electron chi connectivity index (χ0n) is 19.3. The first kappa shape index (κ1) is 21.8. The van der Waals surface area contributed by atoms with Gasteiger partial charge in [0.15, 0.2) is 5.82 Å². The summed E-state index contributed by atoms with van der Waals surface area (Å²) in [7, 11) is 2.14. The number of pyridine rings is 1. The van der Waals surface area contributed by atoms with E-state index in [9.17, 15) is 10.1 Å². The van der Waals surface area contributed by atoms with Crippen molar-refractivity contribution in [2.45, 2.75) is 32.7 Å². The van der Waals surface area contributed by atoms with Crippen molar-refractivity contribution in [2.75, 3.05) is 35.7 Å². The molecular weight excluding hydrogens is 428 g/mol. The second kappa shape index (κ2) is 9.08. The zero-order chi connectivity index (χ0) is 23.7. The molecule has 2 aliphatic heterocycles. The van der Waals surface area contributed by atoms with Crippen molar-refractivity contribution in [3.63, 3.8) is 0 Å². The van der Waals surface area contributed by atoms with Gasteiger partial charge in [-0.25, -0.2) is 9.97 Å². The quantitative estimate of drug-likeness (QED) is 0.601. The fourth-order valence-corrected chi connectivity index (χ4v) is 4.48. The minimum absolute atomic E-state index is 0.0721. The molecule has 1 aromatic carbocycles. The number of anilines is 5. The minimum Gasteiger partial charge on any atom is -0.324 e. The molecule has 2 aliphatic rings. The molecule has 2 aromatic heterocycles. The maximum Gasteiger partial charge on any atom is 0.229 e. The van der Waals surface area contributed by atoms with Crippen molar-refractivity contribution < 1.29 is 4.79 Å². The van der Waals surface area contributed by atoms with Crippen LogP contribution in [0.1, 0.15) is 35.1 Å². The number of nitrogens with one attached hydrogen (secondary N) is 2. The van der Waals surface area contributed by atoms with Crippen LogP contribution >= 0.6 is 0 Å². The van der Waals surface area contributed by atoms with E-state index in [1.807, 2.05) is 12.1 Å². The van der Waals surface area contributed by atoms with Gasteiger partial charge < -0.3 is 15.5 Å². The average molecular weight is 455 g/mol. The molecule has 4 heterocycles. The van der Waals surface area contributed by atoms with Crippen LogP contribution in [0.4, 0.5) is 29.1 Å². The highest BCUT2D eigenvalue weighted by Gasteiger charge is 2.23. The molecule has 0 radical (unpaired) electrons. The fourth-order valence-electron chi connectivity index (χ4n) is 4.48. The maximum absolute atomic E-state index is 12.1. The van der Waals surface area contributed by atoms with Gasteiger partial charge in [-0.2, -0.15) is 10.2 Å². The Morgan fingerprint density at radius 3 is 2.79 bits per heavy atom. The number of amides is 1. The number of carbonyl (C=O) groups is 1. The van der Waals surface area contributed by atoms with Crippen molar-refractivity contribution in [3.8, 4) is 6.07 Å². The second-order valence-electron chi connectivity index (χ2n) is 8.77. The van der Waals surface area contributed by atoms with Crippen molar-refractivity contribution in [1.29, 1.82) is 5.26 Å². The highest BCUT2D eigenvalue weighted by Crippen LogP contribution is 2.28. The molecule has 2 N–H and O–H groups in total. The van der Waals surface area contributed by atoms with Gasteiger partial charge in [0.2, 0.25) is 11.9 Å². The van der Waals surface area contributed by atoms with E-state index < -0.39 is 0 Å². The largest absolute Gasteiger partial charge is 0.324 e.